The number of aromatic nitrogens is 1. The molecule has 0 saturated carbocycles. The first-order valence-electron chi connectivity index (χ1n) is 9.51. The van der Waals surface area contributed by atoms with Gasteiger partial charge in [-0.25, -0.2) is 13.4 Å². The van der Waals surface area contributed by atoms with Gasteiger partial charge in [-0.1, -0.05) is 30.3 Å². The van der Waals surface area contributed by atoms with Gasteiger partial charge in [-0.3, -0.25) is 13.7 Å². The van der Waals surface area contributed by atoms with E-state index in [-0.39, 0.29) is 22.0 Å². The zero-order valence-corrected chi connectivity index (χ0v) is 19.6. The molecule has 10 heteroatoms. The fourth-order valence-electron chi connectivity index (χ4n) is 3.11. The average Bonchev–Trinajstić information content (AvgIpc) is 2.76. The minimum Gasteiger partial charge on any atom is -0.480 e. The lowest BCUT2D eigenvalue weighted by Crippen LogP contribution is -2.18. The lowest BCUT2D eigenvalue weighted by molar-refractivity contribution is 0.102. The molecular weight excluding hydrogens is 450 g/mol. The fraction of sp³-hybridized carbons (Fsp3) is 0.182. The van der Waals surface area contributed by atoms with Gasteiger partial charge in [0.25, 0.3) is 15.9 Å². The monoisotopic (exact) mass is 473 g/mol. The molecular formula is C22H23N3O5S2. The third kappa shape index (κ3) is 4.97. The zero-order chi connectivity index (χ0) is 23.5. The number of methoxy groups -OCH3 is 1. The number of nitrogens with zero attached hydrogens (tertiary/aromatic N) is 1. The minimum absolute atomic E-state index is 0.114. The van der Waals surface area contributed by atoms with Crippen molar-refractivity contribution in [2.45, 2.75) is 23.6 Å². The summed E-state index contributed by atoms with van der Waals surface area (Å²) in [6, 6.07) is 13.2. The number of ether oxygens (including phenoxy) is 1. The minimum atomic E-state index is -4.08. The molecule has 1 unspecified atom stereocenters. The highest BCUT2D eigenvalue weighted by molar-refractivity contribution is 7.92. The highest BCUT2D eigenvalue weighted by atomic mass is 32.2. The van der Waals surface area contributed by atoms with Crippen LogP contribution in [0.1, 0.15) is 21.5 Å². The van der Waals surface area contributed by atoms with Crippen molar-refractivity contribution < 1.29 is 22.2 Å². The molecule has 1 heterocycles. The van der Waals surface area contributed by atoms with E-state index in [2.05, 4.69) is 15.0 Å². The summed E-state index contributed by atoms with van der Waals surface area (Å²) < 4.78 is 46.0. The Kier molecular flexibility index (Phi) is 6.95. The predicted octanol–water partition coefficient (Wildman–Crippen LogP) is 3.50. The molecule has 2 aromatic carbocycles. The first kappa shape index (κ1) is 23.4. The van der Waals surface area contributed by atoms with E-state index in [0.29, 0.717) is 10.6 Å². The molecule has 168 valence electrons. The SMILES string of the molecule is COc1ncc(NC(=O)c2ccccc2S(C)=O)cc1S(=O)(=O)Nc1c(C)cccc1C. The maximum absolute atomic E-state index is 13.2. The summed E-state index contributed by atoms with van der Waals surface area (Å²) in [7, 11) is -4.14. The lowest BCUT2D eigenvalue weighted by Gasteiger charge is -2.15. The van der Waals surface area contributed by atoms with Gasteiger partial charge in [0.1, 0.15) is 0 Å². The molecule has 3 rings (SSSR count). The molecule has 0 bridgehead atoms. The number of carbonyl (C=O) groups is 1. The molecule has 1 atom stereocenters. The van der Waals surface area contributed by atoms with Crippen molar-refractivity contribution in [3.05, 3.63) is 71.4 Å². The summed E-state index contributed by atoms with van der Waals surface area (Å²) in [5.41, 5.74) is 2.35. The number of para-hydroxylation sites is 1. The zero-order valence-electron chi connectivity index (χ0n) is 18.0. The van der Waals surface area contributed by atoms with Crippen LogP contribution in [0.4, 0.5) is 11.4 Å². The molecule has 0 aliphatic rings. The van der Waals surface area contributed by atoms with Crippen LogP contribution < -0.4 is 14.8 Å². The Bertz CT molecular complexity index is 1290. The number of benzene rings is 2. The standard InChI is InChI=1S/C22H23N3O5S2/c1-14-8-7-9-15(2)20(14)25-32(28,29)19-12-16(13-23-22(19)30-3)24-21(26)17-10-5-6-11-18(17)31(4)27/h5-13,25H,1-4H3,(H,24,26). The van der Waals surface area contributed by atoms with Crippen molar-refractivity contribution in [1.29, 1.82) is 0 Å². The number of sulfonamides is 1. The molecule has 0 radical (unpaired) electrons. The highest BCUT2D eigenvalue weighted by Crippen LogP contribution is 2.29. The quantitative estimate of drug-likeness (QED) is 0.543. The van der Waals surface area contributed by atoms with Crippen LogP contribution in [0.25, 0.3) is 0 Å². The Hall–Kier alpha value is -3.24. The number of aryl methyl sites for hydroxylation is 2. The maximum atomic E-state index is 13.2. The summed E-state index contributed by atoms with van der Waals surface area (Å²) in [4.78, 5) is 16.9. The topological polar surface area (TPSA) is 114 Å². The number of rotatable bonds is 7. The second-order valence-corrected chi connectivity index (χ2v) is 10.0. The molecule has 1 aromatic heterocycles. The summed E-state index contributed by atoms with van der Waals surface area (Å²) in [5, 5.41) is 2.62. The molecule has 0 spiro atoms. The molecule has 0 fully saturated rings. The van der Waals surface area contributed by atoms with Crippen LogP contribution in [0.5, 0.6) is 5.88 Å². The number of pyridine rings is 1. The van der Waals surface area contributed by atoms with Gasteiger partial charge < -0.3 is 10.1 Å². The molecule has 0 aliphatic heterocycles. The largest absolute Gasteiger partial charge is 0.480 e. The van der Waals surface area contributed by atoms with Crippen LogP contribution >= 0.6 is 0 Å². The van der Waals surface area contributed by atoms with E-state index < -0.39 is 26.7 Å². The first-order valence-corrected chi connectivity index (χ1v) is 12.5. The van der Waals surface area contributed by atoms with E-state index in [0.717, 1.165) is 11.1 Å². The van der Waals surface area contributed by atoms with Gasteiger partial charge in [-0.2, -0.15) is 0 Å². The van der Waals surface area contributed by atoms with Gasteiger partial charge >= 0.3 is 0 Å². The van der Waals surface area contributed by atoms with E-state index in [1.807, 2.05) is 6.07 Å². The number of carbonyl (C=O) groups excluding carboxylic acids is 1. The molecule has 0 aliphatic carbocycles. The normalized spacial score (nSPS) is 12.1. The average molecular weight is 474 g/mol. The van der Waals surface area contributed by atoms with E-state index in [9.17, 15) is 17.4 Å². The summed E-state index contributed by atoms with van der Waals surface area (Å²) in [5.74, 6) is -0.648. The number of nitrogens with one attached hydrogen (secondary N) is 2. The van der Waals surface area contributed by atoms with Gasteiger partial charge in [0, 0.05) is 6.26 Å². The fourth-order valence-corrected chi connectivity index (χ4v) is 5.20. The molecule has 1 amide bonds. The van der Waals surface area contributed by atoms with Gasteiger partial charge in [0.2, 0.25) is 5.88 Å². The van der Waals surface area contributed by atoms with Crippen molar-refractivity contribution in [1.82, 2.24) is 4.98 Å². The smallest absolute Gasteiger partial charge is 0.267 e. The first-order chi connectivity index (χ1) is 15.1. The highest BCUT2D eigenvalue weighted by Gasteiger charge is 2.24. The van der Waals surface area contributed by atoms with Crippen LogP contribution in [0.2, 0.25) is 0 Å². The van der Waals surface area contributed by atoms with E-state index in [1.165, 1.54) is 25.6 Å². The molecule has 3 aromatic rings. The molecule has 8 nitrogen and oxygen atoms in total. The van der Waals surface area contributed by atoms with Gasteiger partial charge in [-0.15, -0.1) is 0 Å². The van der Waals surface area contributed by atoms with E-state index >= 15 is 0 Å². The Morgan fingerprint density at radius 2 is 1.72 bits per heavy atom. The Balaban J connectivity index is 1.97. The summed E-state index contributed by atoms with van der Waals surface area (Å²) >= 11 is 0. The molecule has 2 N–H and O–H groups in total. The van der Waals surface area contributed by atoms with Crippen molar-refractivity contribution >= 4 is 38.1 Å². The van der Waals surface area contributed by atoms with Crippen LogP contribution in [0.3, 0.4) is 0 Å². The second-order valence-electron chi connectivity index (χ2n) is 7.01. The number of amides is 1. The van der Waals surface area contributed by atoms with Crippen LogP contribution in [0, 0.1) is 13.8 Å². The second kappa shape index (κ2) is 9.49. The number of hydrogen-bond acceptors (Lipinski definition) is 6. The third-order valence-corrected chi connectivity index (χ3v) is 7.04. The lowest BCUT2D eigenvalue weighted by atomic mass is 10.1. The predicted molar refractivity (Wildman–Crippen MR) is 124 cm³/mol. The van der Waals surface area contributed by atoms with Crippen molar-refractivity contribution in [2.75, 3.05) is 23.4 Å². The third-order valence-electron chi connectivity index (χ3n) is 4.72. The van der Waals surface area contributed by atoms with Crippen molar-refractivity contribution in [3.8, 4) is 5.88 Å². The Morgan fingerprint density at radius 3 is 2.34 bits per heavy atom. The van der Waals surface area contributed by atoms with Gasteiger partial charge in [0.05, 0.1) is 45.9 Å². The Labute approximate surface area is 189 Å². The summed E-state index contributed by atoms with van der Waals surface area (Å²) in [6.07, 6.45) is 2.77. The summed E-state index contributed by atoms with van der Waals surface area (Å²) in [6.45, 7) is 3.60. The van der Waals surface area contributed by atoms with Crippen LogP contribution in [-0.4, -0.2) is 36.9 Å². The van der Waals surface area contributed by atoms with Gasteiger partial charge in [0.15, 0.2) is 4.90 Å². The van der Waals surface area contributed by atoms with Crippen molar-refractivity contribution in [2.24, 2.45) is 0 Å². The number of hydrogen-bond donors (Lipinski definition) is 2. The van der Waals surface area contributed by atoms with E-state index in [4.69, 9.17) is 4.74 Å². The van der Waals surface area contributed by atoms with E-state index in [1.54, 1.807) is 50.2 Å². The van der Waals surface area contributed by atoms with Crippen LogP contribution in [-0.2, 0) is 20.8 Å². The van der Waals surface area contributed by atoms with Crippen LogP contribution in [0.15, 0.2) is 64.5 Å². The number of anilines is 2. The van der Waals surface area contributed by atoms with Gasteiger partial charge in [-0.05, 0) is 43.2 Å². The molecule has 32 heavy (non-hydrogen) atoms. The van der Waals surface area contributed by atoms with Crippen molar-refractivity contribution in [3.63, 3.8) is 0 Å². The molecule has 0 saturated heterocycles. The Morgan fingerprint density at radius 1 is 1.06 bits per heavy atom. The maximum Gasteiger partial charge on any atom is 0.267 e.